The lowest BCUT2D eigenvalue weighted by Crippen LogP contribution is -2.22. The number of benzene rings is 2. The van der Waals surface area contributed by atoms with Crippen LogP contribution >= 0.6 is 0 Å². The Kier molecular flexibility index (Phi) is 4.00. The minimum absolute atomic E-state index is 0.499. The molecule has 0 fully saturated rings. The fourth-order valence-corrected chi connectivity index (χ4v) is 2.68. The summed E-state index contributed by atoms with van der Waals surface area (Å²) in [6.07, 6.45) is 2.28. The zero-order valence-corrected chi connectivity index (χ0v) is 12.6. The zero-order chi connectivity index (χ0) is 14.7. The molecule has 2 aromatic carbocycles. The van der Waals surface area contributed by atoms with Gasteiger partial charge in [0.25, 0.3) is 0 Å². The van der Waals surface area contributed by atoms with Crippen LogP contribution in [0, 0.1) is 0 Å². The summed E-state index contributed by atoms with van der Waals surface area (Å²) in [6, 6.07) is 14.8. The van der Waals surface area contributed by atoms with Crippen LogP contribution in [0.2, 0.25) is 0 Å². The summed E-state index contributed by atoms with van der Waals surface area (Å²) in [6.45, 7) is 2.76. The smallest absolute Gasteiger partial charge is 0.143 e. The Hall–Kier alpha value is -2.16. The van der Waals surface area contributed by atoms with E-state index in [-0.39, 0.29) is 0 Å². The van der Waals surface area contributed by atoms with Gasteiger partial charge in [0.05, 0.1) is 12.8 Å². The largest absolute Gasteiger partial charge is 0.497 e. The van der Waals surface area contributed by atoms with Crippen LogP contribution in [0.15, 0.2) is 42.5 Å². The van der Waals surface area contributed by atoms with E-state index >= 15 is 0 Å². The monoisotopic (exact) mass is 283 g/mol. The van der Waals surface area contributed by atoms with Gasteiger partial charge in [0.1, 0.15) is 18.1 Å². The Morgan fingerprint density at radius 2 is 2.05 bits per heavy atom. The summed E-state index contributed by atoms with van der Waals surface area (Å²) in [5, 5.41) is 3.54. The third-order valence-corrected chi connectivity index (χ3v) is 3.88. The van der Waals surface area contributed by atoms with Crippen molar-refractivity contribution >= 4 is 5.69 Å². The third-order valence-electron chi connectivity index (χ3n) is 3.88. The van der Waals surface area contributed by atoms with Crippen molar-refractivity contribution in [2.45, 2.75) is 32.4 Å². The van der Waals surface area contributed by atoms with E-state index < -0.39 is 0 Å². The fraction of sp³-hybridized carbons (Fsp3) is 0.333. The van der Waals surface area contributed by atoms with E-state index in [1.54, 1.807) is 7.11 Å². The number of para-hydroxylation sites is 1. The second-order valence-corrected chi connectivity index (χ2v) is 5.51. The topological polar surface area (TPSA) is 30.5 Å². The molecule has 0 aromatic heterocycles. The summed E-state index contributed by atoms with van der Waals surface area (Å²) in [5.74, 6) is 1.79. The first kappa shape index (κ1) is 13.8. The molecule has 0 aliphatic carbocycles. The van der Waals surface area contributed by atoms with Crippen LogP contribution in [0.1, 0.15) is 24.5 Å². The number of ether oxygens (including phenoxy) is 2. The quantitative estimate of drug-likeness (QED) is 0.919. The van der Waals surface area contributed by atoms with Crippen molar-refractivity contribution in [3.63, 3.8) is 0 Å². The molecule has 1 aliphatic rings. The van der Waals surface area contributed by atoms with Crippen LogP contribution in [-0.2, 0) is 13.0 Å². The summed E-state index contributed by atoms with van der Waals surface area (Å²) < 4.78 is 11.3. The van der Waals surface area contributed by atoms with E-state index in [1.165, 1.54) is 12.0 Å². The molecular formula is C18H21NO2. The molecule has 1 aliphatic heterocycles. The predicted octanol–water partition coefficient (Wildman–Crippen LogP) is 4.02. The molecule has 1 N–H and O–H groups in total. The van der Waals surface area contributed by atoms with E-state index in [1.807, 2.05) is 30.3 Å². The molecule has 3 nitrogen and oxygen atoms in total. The Bertz CT molecular complexity index is 624. The van der Waals surface area contributed by atoms with Gasteiger partial charge in [-0.2, -0.15) is 0 Å². The molecule has 0 saturated heterocycles. The average Bonchev–Trinajstić information content (AvgIpc) is 2.53. The molecule has 0 bridgehead atoms. The molecule has 1 atom stereocenters. The normalized spacial score (nSPS) is 16.8. The van der Waals surface area contributed by atoms with Crippen molar-refractivity contribution in [1.29, 1.82) is 0 Å². The van der Waals surface area contributed by atoms with Gasteiger partial charge in [-0.1, -0.05) is 24.3 Å². The molecule has 3 heteroatoms. The second-order valence-electron chi connectivity index (χ2n) is 5.51. The van der Waals surface area contributed by atoms with E-state index in [9.17, 15) is 0 Å². The minimum atomic E-state index is 0.499. The predicted molar refractivity (Wildman–Crippen MR) is 85.2 cm³/mol. The van der Waals surface area contributed by atoms with Gasteiger partial charge in [0.15, 0.2) is 0 Å². The van der Waals surface area contributed by atoms with Gasteiger partial charge in [0, 0.05) is 6.04 Å². The molecule has 0 radical (unpaired) electrons. The van der Waals surface area contributed by atoms with Crippen molar-refractivity contribution in [2.24, 2.45) is 0 Å². The number of anilines is 1. The van der Waals surface area contributed by atoms with Gasteiger partial charge in [-0.25, -0.2) is 0 Å². The van der Waals surface area contributed by atoms with Crippen LogP contribution in [0.5, 0.6) is 11.5 Å². The van der Waals surface area contributed by atoms with Gasteiger partial charge < -0.3 is 14.8 Å². The highest BCUT2D eigenvalue weighted by Gasteiger charge is 2.17. The maximum Gasteiger partial charge on any atom is 0.143 e. The molecule has 21 heavy (non-hydrogen) atoms. The van der Waals surface area contributed by atoms with Crippen molar-refractivity contribution < 1.29 is 9.47 Å². The molecular weight excluding hydrogens is 262 g/mol. The highest BCUT2D eigenvalue weighted by Crippen LogP contribution is 2.34. The lowest BCUT2D eigenvalue weighted by molar-refractivity contribution is 0.305. The lowest BCUT2D eigenvalue weighted by atomic mass is 9.98. The molecule has 110 valence electrons. The lowest BCUT2D eigenvalue weighted by Gasteiger charge is -2.26. The summed E-state index contributed by atoms with van der Waals surface area (Å²) in [7, 11) is 1.68. The Morgan fingerprint density at radius 1 is 1.19 bits per heavy atom. The number of aryl methyl sites for hydroxylation is 1. The van der Waals surface area contributed by atoms with E-state index in [0.29, 0.717) is 12.6 Å². The average molecular weight is 283 g/mol. The standard InChI is InChI=1S/C18H21NO2/c1-13-9-10-15-6-4-8-17(18(15)19-13)21-12-14-5-3-7-16(11-14)20-2/h3-8,11,13,19H,9-10,12H2,1-2H3. The van der Waals surface area contributed by atoms with Crippen molar-refractivity contribution in [3.8, 4) is 11.5 Å². The third kappa shape index (κ3) is 3.13. The Labute approximate surface area is 125 Å². The molecule has 0 amide bonds. The van der Waals surface area contributed by atoms with E-state index in [4.69, 9.17) is 9.47 Å². The van der Waals surface area contributed by atoms with Crippen LogP contribution < -0.4 is 14.8 Å². The van der Waals surface area contributed by atoms with Gasteiger partial charge in [-0.05, 0) is 49.1 Å². The van der Waals surface area contributed by atoms with Gasteiger partial charge >= 0.3 is 0 Å². The minimum Gasteiger partial charge on any atom is -0.497 e. The van der Waals surface area contributed by atoms with Crippen LogP contribution in [-0.4, -0.2) is 13.2 Å². The number of methoxy groups -OCH3 is 1. The molecule has 3 rings (SSSR count). The molecule has 0 spiro atoms. The summed E-state index contributed by atoms with van der Waals surface area (Å²) in [4.78, 5) is 0. The first-order chi connectivity index (χ1) is 10.3. The SMILES string of the molecule is COc1cccc(COc2cccc3c2NC(C)CC3)c1. The number of fused-ring (bicyclic) bond motifs is 1. The van der Waals surface area contributed by atoms with Crippen LogP contribution in [0.25, 0.3) is 0 Å². The maximum absolute atomic E-state index is 6.02. The molecule has 1 unspecified atom stereocenters. The Morgan fingerprint density at radius 3 is 2.90 bits per heavy atom. The second kappa shape index (κ2) is 6.08. The highest BCUT2D eigenvalue weighted by molar-refractivity contribution is 5.64. The van der Waals surface area contributed by atoms with E-state index in [0.717, 1.165) is 29.2 Å². The van der Waals surface area contributed by atoms with Gasteiger partial charge in [0.2, 0.25) is 0 Å². The van der Waals surface area contributed by atoms with Crippen molar-refractivity contribution in [1.82, 2.24) is 0 Å². The Balaban J connectivity index is 1.76. The van der Waals surface area contributed by atoms with Gasteiger partial charge in [-0.15, -0.1) is 0 Å². The first-order valence-corrected chi connectivity index (χ1v) is 7.40. The van der Waals surface area contributed by atoms with Crippen molar-refractivity contribution in [2.75, 3.05) is 12.4 Å². The summed E-state index contributed by atoms with van der Waals surface area (Å²) in [5.41, 5.74) is 3.60. The first-order valence-electron chi connectivity index (χ1n) is 7.40. The van der Waals surface area contributed by atoms with Crippen LogP contribution in [0.3, 0.4) is 0 Å². The number of hydrogen-bond acceptors (Lipinski definition) is 3. The molecule has 0 saturated carbocycles. The van der Waals surface area contributed by atoms with Gasteiger partial charge in [-0.3, -0.25) is 0 Å². The number of rotatable bonds is 4. The molecule has 1 heterocycles. The summed E-state index contributed by atoms with van der Waals surface area (Å²) >= 11 is 0. The fourth-order valence-electron chi connectivity index (χ4n) is 2.68. The number of nitrogens with one attached hydrogen (secondary N) is 1. The number of hydrogen-bond donors (Lipinski definition) is 1. The van der Waals surface area contributed by atoms with Crippen molar-refractivity contribution in [3.05, 3.63) is 53.6 Å². The maximum atomic E-state index is 6.02. The van der Waals surface area contributed by atoms with E-state index in [2.05, 4.69) is 24.4 Å². The highest BCUT2D eigenvalue weighted by atomic mass is 16.5. The molecule has 2 aromatic rings. The van der Waals surface area contributed by atoms with Crippen LogP contribution in [0.4, 0.5) is 5.69 Å². The zero-order valence-electron chi connectivity index (χ0n) is 12.6.